The molecule has 0 radical (unpaired) electrons. The van der Waals surface area contributed by atoms with Gasteiger partial charge in [0.05, 0.1) is 0 Å². The molecule has 0 spiro atoms. The Balaban J connectivity index is 1.56. The van der Waals surface area contributed by atoms with E-state index in [0.717, 1.165) is 24.8 Å². The topological polar surface area (TPSA) is 64.6 Å². The largest absolute Gasteiger partial charge is 0.482 e. The SMILES string of the molecule is Cc1ccc(OCC(=O)OCC(=O)NCCC2=CCCCC2)cc1. The molecule has 1 aromatic rings. The summed E-state index contributed by atoms with van der Waals surface area (Å²) in [4.78, 5) is 23.2. The Morgan fingerprint density at radius 1 is 1.12 bits per heavy atom. The van der Waals surface area contributed by atoms with E-state index in [1.54, 1.807) is 12.1 Å². The third kappa shape index (κ3) is 6.86. The third-order valence-electron chi connectivity index (χ3n) is 3.90. The number of hydrogen-bond donors (Lipinski definition) is 1. The zero-order valence-corrected chi connectivity index (χ0v) is 14.2. The van der Waals surface area contributed by atoms with E-state index in [2.05, 4.69) is 11.4 Å². The molecule has 130 valence electrons. The lowest BCUT2D eigenvalue weighted by molar-refractivity contribution is -0.150. The predicted molar refractivity (Wildman–Crippen MR) is 91.8 cm³/mol. The fourth-order valence-electron chi connectivity index (χ4n) is 2.51. The Morgan fingerprint density at radius 3 is 2.62 bits per heavy atom. The summed E-state index contributed by atoms with van der Waals surface area (Å²) in [6.07, 6.45) is 7.90. The van der Waals surface area contributed by atoms with E-state index in [-0.39, 0.29) is 19.1 Å². The number of amides is 1. The molecule has 1 amide bonds. The Hall–Kier alpha value is -2.30. The van der Waals surface area contributed by atoms with E-state index in [1.165, 1.54) is 18.4 Å². The molecule has 0 fully saturated rings. The maximum Gasteiger partial charge on any atom is 0.344 e. The van der Waals surface area contributed by atoms with Gasteiger partial charge in [-0.3, -0.25) is 4.79 Å². The normalized spacial score (nSPS) is 13.8. The van der Waals surface area contributed by atoms with Crippen LogP contribution in [0.25, 0.3) is 0 Å². The number of rotatable bonds is 8. The summed E-state index contributed by atoms with van der Waals surface area (Å²) in [6, 6.07) is 7.37. The summed E-state index contributed by atoms with van der Waals surface area (Å²) >= 11 is 0. The number of esters is 1. The van der Waals surface area contributed by atoms with E-state index in [0.29, 0.717) is 12.3 Å². The lowest BCUT2D eigenvalue weighted by atomic mass is 9.97. The van der Waals surface area contributed by atoms with E-state index in [4.69, 9.17) is 9.47 Å². The number of ether oxygens (including phenoxy) is 2. The molecule has 1 aliphatic rings. The molecule has 0 heterocycles. The molecule has 0 saturated carbocycles. The highest BCUT2D eigenvalue weighted by Gasteiger charge is 2.09. The van der Waals surface area contributed by atoms with Crippen molar-refractivity contribution in [2.45, 2.75) is 39.0 Å². The third-order valence-corrected chi connectivity index (χ3v) is 3.90. The minimum absolute atomic E-state index is 0.205. The molecular formula is C19H25NO4. The van der Waals surface area contributed by atoms with Crippen molar-refractivity contribution in [1.29, 1.82) is 0 Å². The summed E-state index contributed by atoms with van der Waals surface area (Å²) in [6.45, 7) is 2.09. The Labute approximate surface area is 143 Å². The molecule has 0 aliphatic heterocycles. The second kappa shape index (κ2) is 9.75. The first-order valence-corrected chi connectivity index (χ1v) is 8.43. The number of hydrogen-bond acceptors (Lipinski definition) is 4. The molecule has 5 heteroatoms. The highest BCUT2D eigenvalue weighted by atomic mass is 16.6. The zero-order valence-electron chi connectivity index (χ0n) is 14.2. The minimum Gasteiger partial charge on any atom is -0.482 e. The van der Waals surface area contributed by atoms with Gasteiger partial charge in [0.15, 0.2) is 13.2 Å². The number of carbonyl (C=O) groups is 2. The smallest absolute Gasteiger partial charge is 0.344 e. The van der Waals surface area contributed by atoms with Crippen molar-refractivity contribution in [1.82, 2.24) is 5.32 Å². The quantitative estimate of drug-likeness (QED) is 0.587. The van der Waals surface area contributed by atoms with Crippen molar-refractivity contribution in [3.63, 3.8) is 0 Å². The molecule has 1 aliphatic carbocycles. The molecule has 2 rings (SSSR count). The van der Waals surface area contributed by atoms with Gasteiger partial charge in [0.25, 0.3) is 5.91 Å². The van der Waals surface area contributed by atoms with Crippen molar-refractivity contribution in [2.24, 2.45) is 0 Å². The highest BCUT2D eigenvalue weighted by molar-refractivity contribution is 5.80. The molecule has 0 aromatic heterocycles. The number of aryl methyl sites for hydroxylation is 1. The minimum atomic E-state index is -0.555. The lowest BCUT2D eigenvalue weighted by Gasteiger charge is -2.13. The van der Waals surface area contributed by atoms with Gasteiger partial charge < -0.3 is 14.8 Å². The first kappa shape index (κ1) is 18.0. The molecule has 0 saturated heterocycles. The van der Waals surface area contributed by atoms with Gasteiger partial charge in [-0.05, 0) is 51.2 Å². The second-order valence-corrected chi connectivity index (χ2v) is 5.97. The number of carbonyl (C=O) groups excluding carboxylic acids is 2. The van der Waals surface area contributed by atoms with Crippen molar-refractivity contribution in [3.05, 3.63) is 41.5 Å². The van der Waals surface area contributed by atoms with Crippen LogP contribution in [0.15, 0.2) is 35.9 Å². The molecule has 1 aromatic carbocycles. The zero-order chi connectivity index (χ0) is 17.2. The summed E-state index contributed by atoms with van der Waals surface area (Å²) in [5.41, 5.74) is 2.52. The van der Waals surface area contributed by atoms with Crippen molar-refractivity contribution in [2.75, 3.05) is 19.8 Å². The Bertz CT molecular complexity index is 578. The van der Waals surface area contributed by atoms with Gasteiger partial charge in [0.1, 0.15) is 5.75 Å². The van der Waals surface area contributed by atoms with Gasteiger partial charge in [0.2, 0.25) is 0 Å². The molecule has 1 N–H and O–H groups in total. The highest BCUT2D eigenvalue weighted by Crippen LogP contribution is 2.19. The first-order valence-electron chi connectivity index (χ1n) is 8.43. The number of nitrogens with one attached hydrogen (secondary N) is 1. The molecule has 0 atom stereocenters. The van der Waals surface area contributed by atoms with Gasteiger partial charge in [-0.2, -0.15) is 0 Å². The summed E-state index contributed by atoms with van der Waals surface area (Å²) in [7, 11) is 0. The van der Waals surface area contributed by atoms with Crippen LogP contribution in [0.2, 0.25) is 0 Å². The Morgan fingerprint density at radius 2 is 1.92 bits per heavy atom. The number of allylic oxidation sites excluding steroid dienone is 1. The van der Waals surface area contributed by atoms with Crippen LogP contribution in [-0.4, -0.2) is 31.6 Å². The fraction of sp³-hybridized carbons (Fsp3) is 0.474. The van der Waals surface area contributed by atoms with E-state index < -0.39 is 5.97 Å². The Kier molecular flexibility index (Phi) is 7.33. The van der Waals surface area contributed by atoms with Crippen LogP contribution in [-0.2, 0) is 14.3 Å². The fourth-order valence-corrected chi connectivity index (χ4v) is 2.51. The van der Waals surface area contributed by atoms with Gasteiger partial charge in [-0.25, -0.2) is 4.79 Å². The van der Waals surface area contributed by atoms with E-state index in [1.807, 2.05) is 19.1 Å². The van der Waals surface area contributed by atoms with Gasteiger partial charge >= 0.3 is 5.97 Å². The first-order chi connectivity index (χ1) is 11.6. The maximum absolute atomic E-state index is 11.7. The average molecular weight is 331 g/mol. The molecule has 0 bridgehead atoms. The van der Waals surface area contributed by atoms with Crippen LogP contribution in [0.3, 0.4) is 0 Å². The second-order valence-electron chi connectivity index (χ2n) is 5.97. The number of benzene rings is 1. The molecule has 0 unspecified atom stereocenters. The van der Waals surface area contributed by atoms with Crippen LogP contribution < -0.4 is 10.1 Å². The van der Waals surface area contributed by atoms with E-state index in [9.17, 15) is 9.59 Å². The molecule has 24 heavy (non-hydrogen) atoms. The van der Waals surface area contributed by atoms with Crippen LogP contribution in [0.4, 0.5) is 0 Å². The maximum atomic E-state index is 11.7. The van der Waals surface area contributed by atoms with Crippen LogP contribution in [0.5, 0.6) is 5.75 Å². The van der Waals surface area contributed by atoms with Gasteiger partial charge in [0, 0.05) is 6.54 Å². The van der Waals surface area contributed by atoms with Crippen molar-refractivity contribution >= 4 is 11.9 Å². The lowest BCUT2D eigenvalue weighted by Crippen LogP contribution is -2.30. The predicted octanol–water partition coefficient (Wildman–Crippen LogP) is 2.92. The molecular weight excluding hydrogens is 306 g/mol. The van der Waals surface area contributed by atoms with Gasteiger partial charge in [-0.15, -0.1) is 0 Å². The average Bonchev–Trinajstić information content (AvgIpc) is 2.60. The van der Waals surface area contributed by atoms with Crippen molar-refractivity contribution < 1.29 is 19.1 Å². The van der Waals surface area contributed by atoms with Crippen LogP contribution in [0.1, 0.15) is 37.7 Å². The van der Waals surface area contributed by atoms with Crippen LogP contribution in [0, 0.1) is 6.92 Å². The van der Waals surface area contributed by atoms with Gasteiger partial charge in [-0.1, -0.05) is 29.3 Å². The van der Waals surface area contributed by atoms with Crippen molar-refractivity contribution in [3.8, 4) is 5.75 Å². The standard InChI is InChI=1S/C19H25NO4/c1-15-7-9-17(10-8-15)23-14-19(22)24-13-18(21)20-12-11-16-5-3-2-4-6-16/h5,7-10H,2-4,6,11-14H2,1H3,(H,20,21). The summed E-state index contributed by atoms with van der Waals surface area (Å²) in [5, 5.41) is 2.77. The van der Waals surface area contributed by atoms with Crippen LogP contribution >= 0.6 is 0 Å². The molecule has 5 nitrogen and oxygen atoms in total. The summed E-state index contributed by atoms with van der Waals surface area (Å²) < 4.78 is 10.2. The summed E-state index contributed by atoms with van der Waals surface area (Å²) in [5.74, 6) is -0.237. The monoisotopic (exact) mass is 331 g/mol. The van der Waals surface area contributed by atoms with E-state index >= 15 is 0 Å².